The van der Waals surface area contributed by atoms with E-state index in [0.29, 0.717) is 23.7 Å². The second kappa shape index (κ2) is 6.16. The highest BCUT2D eigenvalue weighted by molar-refractivity contribution is 7.10. The standard InChI is InChI=1S/C21H19NO4S/c1-24-16-8-13-7-14-11-26-21(23)19(14)20(15(13)9-17(16)25-2)22-5-3-18-12(10-22)4-6-27-18/h4,6-9H,3,5,10-11H2,1-2H3. The first-order valence-corrected chi connectivity index (χ1v) is 9.76. The van der Waals surface area contributed by atoms with E-state index in [0.717, 1.165) is 41.5 Å². The van der Waals surface area contributed by atoms with Crippen LogP contribution in [0.5, 0.6) is 11.5 Å². The van der Waals surface area contributed by atoms with Gasteiger partial charge in [0.2, 0.25) is 0 Å². The molecular weight excluding hydrogens is 362 g/mol. The van der Waals surface area contributed by atoms with E-state index in [2.05, 4.69) is 16.3 Å². The van der Waals surface area contributed by atoms with Crippen molar-refractivity contribution in [2.45, 2.75) is 19.6 Å². The number of rotatable bonds is 3. The third kappa shape index (κ3) is 2.47. The Labute approximate surface area is 161 Å². The van der Waals surface area contributed by atoms with Crippen LogP contribution >= 0.6 is 11.3 Å². The summed E-state index contributed by atoms with van der Waals surface area (Å²) in [4.78, 5) is 16.3. The molecule has 3 aromatic rings. The van der Waals surface area contributed by atoms with Gasteiger partial charge in [-0.15, -0.1) is 11.3 Å². The molecule has 0 N–H and O–H groups in total. The fourth-order valence-electron chi connectivity index (χ4n) is 4.09. The Morgan fingerprint density at radius 2 is 1.93 bits per heavy atom. The molecule has 0 bridgehead atoms. The van der Waals surface area contributed by atoms with Gasteiger partial charge in [-0.1, -0.05) is 0 Å². The normalized spacial score (nSPS) is 15.5. The monoisotopic (exact) mass is 381 g/mol. The van der Waals surface area contributed by atoms with E-state index in [1.165, 1.54) is 10.4 Å². The Hall–Kier alpha value is -2.73. The molecule has 2 aromatic carbocycles. The van der Waals surface area contributed by atoms with E-state index in [9.17, 15) is 4.79 Å². The number of carbonyl (C=O) groups excluding carboxylic acids is 1. The van der Waals surface area contributed by atoms with Gasteiger partial charge in [-0.3, -0.25) is 0 Å². The lowest BCUT2D eigenvalue weighted by Crippen LogP contribution is -2.30. The minimum absolute atomic E-state index is 0.243. The van der Waals surface area contributed by atoms with Crippen molar-refractivity contribution in [2.24, 2.45) is 0 Å². The molecule has 2 aliphatic rings. The number of anilines is 1. The molecule has 0 unspecified atom stereocenters. The van der Waals surface area contributed by atoms with Crippen LogP contribution in [0.25, 0.3) is 10.8 Å². The SMILES string of the molecule is COc1cc2cc3c(c(N4CCc5sccc5C4)c2cc1OC)C(=O)OC3. The van der Waals surface area contributed by atoms with E-state index in [4.69, 9.17) is 14.2 Å². The second-order valence-electron chi connectivity index (χ2n) is 6.80. The number of fused-ring (bicyclic) bond motifs is 3. The smallest absolute Gasteiger partial charge is 0.341 e. The second-order valence-corrected chi connectivity index (χ2v) is 7.80. The summed E-state index contributed by atoms with van der Waals surface area (Å²) in [7, 11) is 3.26. The number of methoxy groups -OCH3 is 2. The van der Waals surface area contributed by atoms with Crippen molar-refractivity contribution in [1.82, 2.24) is 0 Å². The quantitative estimate of drug-likeness (QED) is 0.638. The average molecular weight is 381 g/mol. The van der Waals surface area contributed by atoms with E-state index >= 15 is 0 Å². The van der Waals surface area contributed by atoms with Crippen molar-refractivity contribution >= 4 is 33.8 Å². The zero-order chi connectivity index (χ0) is 18.5. The first-order chi connectivity index (χ1) is 13.2. The lowest BCUT2D eigenvalue weighted by atomic mass is 9.96. The van der Waals surface area contributed by atoms with Gasteiger partial charge in [0.25, 0.3) is 0 Å². The molecular formula is C21H19NO4S. The van der Waals surface area contributed by atoms with Crippen LogP contribution in [0.1, 0.15) is 26.4 Å². The molecule has 2 aliphatic heterocycles. The van der Waals surface area contributed by atoms with Crippen molar-refractivity contribution in [1.29, 1.82) is 0 Å². The molecule has 0 atom stereocenters. The van der Waals surface area contributed by atoms with Crippen LogP contribution in [0, 0.1) is 0 Å². The summed E-state index contributed by atoms with van der Waals surface area (Å²) in [6, 6.07) is 8.15. The summed E-state index contributed by atoms with van der Waals surface area (Å²) in [5, 5.41) is 4.16. The number of cyclic esters (lactones) is 1. The molecule has 0 radical (unpaired) electrons. The summed E-state index contributed by atoms with van der Waals surface area (Å²) in [5.41, 5.74) is 3.91. The van der Waals surface area contributed by atoms with Crippen LogP contribution in [-0.2, 0) is 24.3 Å². The first kappa shape index (κ1) is 16.4. The average Bonchev–Trinajstić information content (AvgIpc) is 3.31. The molecule has 5 nitrogen and oxygen atoms in total. The zero-order valence-electron chi connectivity index (χ0n) is 15.2. The van der Waals surface area contributed by atoms with Gasteiger partial charge in [-0.05, 0) is 47.0 Å². The topological polar surface area (TPSA) is 48.0 Å². The van der Waals surface area contributed by atoms with Crippen LogP contribution in [0.3, 0.4) is 0 Å². The minimum Gasteiger partial charge on any atom is -0.493 e. The maximum atomic E-state index is 12.5. The van der Waals surface area contributed by atoms with Gasteiger partial charge >= 0.3 is 5.97 Å². The molecule has 0 saturated heterocycles. The van der Waals surface area contributed by atoms with Crippen LogP contribution in [0.4, 0.5) is 5.69 Å². The summed E-state index contributed by atoms with van der Waals surface area (Å²) in [6.45, 7) is 2.00. The molecule has 0 aliphatic carbocycles. The third-order valence-corrected chi connectivity index (χ3v) is 6.41. The predicted molar refractivity (Wildman–Crippen MR) is 105 cm³/mol. The molecule has 27 heavy (non-hydrogen) atoms. The Morgan fingerprint density at radius 1 is 1.11 bits per heavy atom. The van der Waals surface area contributed by atoms with E-state index in [-0.39, 0.29) is 5.97 Å². The van der Waals surface area contributed by atoms with Crippen molar-refractivity contribution in [3.63, 3.8) is 0 Å². The maximum absolute atomic E-state index is 12.5. The molecule has 0 fully saturated rings. The molecule has 0 amide bonds. The van der Waals surface area contributed by atoms with Gasteiger partial charge in [0.05, 0.1) is 25.5 Å². The molecule has 0 spiro atoms. The van der Waals surface area contributed by atoms with E-state index in [1.807, 2.05) is 29.5 Å². The summed E-state index contributed by atoms with van der Waals surface area (Å²) >= 11 is 1.81. The van der Waals surface area contributed by atoms with Crippen molar-refractivity contribution in [3.8, 4) is 11.5 Å². The van der Waals surface area contributed by atoms with Gasteiger partial charge in [-0.25, -0.2) is 4.79 Å². The van der Waals surface area contributed by atoms with Crippen molar-refractivity contribution < 1.29 is 19.0 Å². The summed E-state index contributed by atoms with van der Waals surface area (Å²) in [6.07, 6.45) is 0.987. The number of ether oxygens (including phenoxy) is 3. The number of thiophene rings is 1. The third-order valence-electron chi connectivity index (χ3n) is 5.39. The van der Waals surface area contributed by atoms with Crippen LogP contribution < -0.4 is 14.4 Å². The minimum atomic E-state index is -0.243. The fraction of sp³-hybridized carbons (Fsp3) is 0.286. The van der Waals surface area contributed by atoms with E-state index in [1.54, 1.807) is 14.2 Å². The van der Waals surface area contributed by atoms with Gasteiger partial charge in [0.15, 0.2) is 11.5 Å². The highest BCUT2D eigenvalue weighted by atomic mass is 32.1. The highest BCUT2D eigenvalue weighted by Gasteiger charge is 2.31. The number of nitrogens with zero attached hydrogens (tertiary/aromatic N) is 1. The largest absolute Gasteiger partial charge is 0.493 e. The number of hydrogen-bond donors (Lipinski definition) is 0. The van der Waals surface area contributed by atoms with Gasteiger partial charge in [0, 0.05) is 28.9 Å². The molecule has 5 rings (SSSR count). The maximum Gasteiger partial charge on any atom is 0.341 e. The van der Waals surface area contributed by atoms with Crippen molar-refractivity contribution in [2.75, 3.05) is 25.7 Å². The number of carbonyl (C=O) groups is 1. The predicted octanol–water partition coefficient (Wildman–Crippen LogP) is 4.15. The highest BCUT2D eigenvalue weighted by Crippen LogP contribution is 2.43. The Bertz CT molecular complexity index is 1070. The van der Waals surface area contributed by atoms with Crippen LogP contribution in [0.15, 0.2) is 29.6 Å². The Balaban J connectivity index is 1.76. The van der Waals surface area contributed by atoms with Gasteiger partial charge in [0.1, 0.15) is 6.61 Å². The molecule has 3 heterocycles. The van der Waals surface area contributed by atoms with Gasteiger partial charge in [-0.2, -0.15) is 0 Å². The first-order valence-electron chi connectivity index (χ1n) is 8.88. The number of esters is 1. The van der Waals surface area contributed by atoms with Crippen LogP contribution in [0.2, 0.25) is 0 Å². The van der Waals surface area contributed by atoms with Crippen molar-refractivity contribution in [3.05, 3.63) is 51.2 Å². The Kier molecular flexibility index (Phi) is 3.75. The van der Waals surface area contributed by atoms with E-state index < -0.39 is 0 Å². The lowest BCUT2D eigenvalue weighted by molar-refractivity contribution is 0.0535. The summed E-state index contributed by atoms with van der Waals surface area (Å²) in [5.74, 6) is 1.10. The Morgan fingerprint density at radius 3 is 2.74 bits per heavy atom. The number of hydrogen-bond acceptors (Lipinski definition) is 6. The van der Waals surface area contributed by atoms with Gasteiger partial charge < -0.3 is 19.1 Å². The molecule has 138 valence electrons. The molecule has 1 aromatic heterocycles. The van der Waals surface area contributed by atoms with Crippen LogP contribution in [-0.4, -0.2) is 26.7 Å². The molecule has 6 heteroatoms. The molecule has 0 saturated carbocycles. The summed E-state index contributed by atoms with van der Waals surface area (Å²) < 4.78 is 16.4. The lowest BCUT2D eigenvalue weighted by Gasteiger charge is -2.31. The zero-order valence-corrected chi connectivity index (χ0v) is 16.0. The number of benzene rings is 2. The fourth-order valence-corrected chi connectivity index (χ4v) is 4.98.